The molecule has 5 rings (SSSR count). The van der Waals surface area contributed by atoms with E-state index in [9.17, 15) is 30.8 Å². The molecule has 0 saturated heterocycles. The van der Waals surface area contributed by atoms with Crippen LogP contribution in [0.5, 0.6) is 0 Å². The summed E-state index contributed by atoms with van der Waals surface area (Å²) in [6, 6.07) is 5.26. The van der Waals surface area contributed by atoms with Crippen LogP contribution >= 0.6 is 0 Å². The molecule has 1 fully saturated rings. The molecule has 0 spiro atoms. The molecule has 41 heavy (non-hydrogen) atoms. The molecule has 3 aromatic heterocycles. The van der Waals surface area contributed by atoms with Crippen molar-refractivity contribution in [3.05, 3.63) is 66.2 Å². The number of rotatable bonds is 10. The first kappa shape index (κ1) is 28.2. The minimum absolute atomic E-state index is 0.0479. The fraction of sp³-hybridized carbons (Fsp3) is 0.320. The van der Waals surface area contributed by atoms with Gasteiger partial charge in [-0.25, -0.2) is 22.8 Å². The molecule has 3 heterocycles. The first-order chi connectivity index (χ1) is 19.3. The van der Waals surface area contributed by atoms with E-state index in [1.54, 1.807) is 12.3 Å². The van der Waals surface area contributed by atoms with Crippen molar-refractivity contribution in [2.24, 2.45) is 0 Å². The van der Waals surface area contributed by atoms with Gasteiger partial charge in [0.2, 0.25) is 11.9 Å². The summed E-state index contributed by atoms with van der Waals surface area (Å²) in [7, 11) is -3.12. The minimum Gasteiger partial charge on any atom is -0.358 e. The zero-order valence-electron chi connectivity index (χ0n) is 21.4. The molecule has 4 aromatic rings. The molecule has 1 saturated carbocycles. The number of amides is 1. The summed E-state index contributed by atoms with van der Waals surface area (Å²) in [4.78, 5) is 20.8. The Bertz CT molecular complexity index is 1680. The van der Waals surface area contributed by atoms with Crippen LogP contribution < -0.4 is 10.6 Å². The van der Waals surface area contributed by atoms with E-state index in [4.69, 9.17) is 4.52 Å². The van der Waals surface area contributed by atoms with Crippen LogP contribution in [0.1, 0.15) is 24.2 Å². The molecule has 1 aliphatic rings. The standard InChI is InChI=1S/C25H23F4N7O4S/c1-41(38,39)7-6-36-14-18(13-32-36)33-23-30-11-17(12-31-23)15-2-3-16(19(26)8-15)9-22(37)34-21-10-20(40-35-21)24(4-5-24)25(27,28)29/h2-3,8,10-14H,4-7,9H2,1H3,(H,30,31,33)(H,34,35,37). The highest BCUT2D eigenvalue weighted by molar-refractivity contribution is 7.90. The molecule has 1 aliphatic carbocycles. The van der Waals surface area contributed by atoms with Gasteiger partial charge in [0.25, 0.3) is 0 Å². The fourth-order valence-electron chi connectivity index (χ4n) is 4.06. The van der Waals surface area contributed by atoms with Crippen LogP contribution in [0.3, 0.4) is 0 Å². The Labute approximate surface area is 230 Å². The van der Waals surface area contributed by atoms with Crippen LogP contribution in [0, 0.1) is 5.82 Å². The summed E-state index contributed by atoms with van der Waals surface area (Å²) >= 11 is 0. The summed E-state index contributed by atoms with van der Waals surface area (Å²) in [6.45, 7) is 0.202. The van der Waals surface area contributed by atoms with Gasteiger partial charge in [-0.2, -0.15) is 18.3 Å². The number of hydrogen-bond donors (Lipinski definition) is 2. The molecule has 0 atom stereocenters. The van der Waals surface area contributed by atoms with Crippen LogP contribution in [-0.2, 0) is 33.0 Å². The van der Waals surface area contributed by atoms with Crippen molar-refractivity contribution in [1.82, 2.24) is 24.9 Å². The van der Waals surface area contributed by atoms with Gasteiger partial charge in [0.15, 0.2) is 11.6 Å². The van der Waals surface area contributed by atoms with Gasteiger partial charge in [0.1, 0.15) is 21.1 Å². The van der Waals surface area contributed by atoms with Crippen LogP contribution in [0.15, 0.2) is 53.6 Å². The number of nitrogens with one attached hydrogen (secondary N) is 2. The maximum absolute atomic E-state index is 14.8. The number of alkyl halides is 3. The van der Waals surface area contributed by atoms with Crippen molar-refractivity contribution in [3.63, 3.8) is 0 Å². The number of anilines is 3. The van der Waals surface area contributed by atoms with Crippen molar-refractivity contribution in [2.75, 3.05) is 22.6 Å². The van der Waals surface area contributed by atoms with Crippen LogP contribution in [0.4, 0.5) is 35.0 Å². The topological polar surface area (TPSA) is 145 Å². The molecule has 0 unspecified atom stereocenters. The van der Waals surface area contributed by atoms with Gasteiger partial charge in [-0.05, 0) is 30.0 Å². The van der Waals surface area contributed by atoms with E-state index < -0.39 is 33.2 Å². The van der Waals surface area contributed by atoms with E-state index in [2.05, 4.69) is 30.9 Å². The minimum atomic E-state index is -4.48. The Kier molecular flexibility index (Phi) is 7.27. The maximum atomic E-state index is 14.8. The Morgan fingerprint density at radius 3 is 2.49 bits per heavy atom. The lowest BCUT2D eigenvalue weighted by Crippen LogP contribution is -2.28. The lowest BCUT2D eigenvalue weighted by Gasteiger charge is -2.14. The van der Waals surface area contributed by atoms with E-state index in [1.165, 1.54) is 35.4 Å². The Hall–Kier alpha value is -4.34. The molecule has 0 radical (unpaired) electrons. The van der Waals surface area contributed by atoms with Gasteiger partial charge in [-0.1, -0.05) is 17.3 Å². The van der Waals surface area contributed by atoms with Crippen molar-refractivity contribution < 1.29 is 35.3 Å². The number of aryl methyl sites for hydroxylation is 1. The SMILES string of the molecule is CS(=O)(=O)CCn1cc(Nc2ncc(-c3ccc(CC(=O)Nc4cc(C5(C(F)(F)F)CC5)on4)c(F)c3)cn2)cn1. The zero-order chi connectivity index (χ0) is 29.4. The maximum Gasteiger partial charge on any atom is 0.401 e. The summed E-state index contributed by atoms with van der Waals surface area (Å²) in [5.41, 5.74) is -0.489. The van der Waals surface area contributed by atoms with Gasteiger partial charge >= 0.3 is 6.18 Å². The van der Waals surface area contributed by atoms with Gasteiger partial charge in [-0.3, -0.25) is 9.48 Å². The summed E-state index contributed by atoms with van der Waals surface area (Å²) in [6.07, 6.45) is 2.12. The third-order valence-corrected chi connectivity index (χ3v) is 7.44. The van der Waals surface area contributed by atoms with Crippen LogP contribution in [0.2, 0.25) is 0 Å². The summed E-state index contributed by atoms with van der Waals surface area (Å²) < 4.78 is 83.5. The predicted octanol–water partition coefficient (Wildman–Crippen LogP) is 4.03. The number of nitrogens with zero attached hydrogens (tertiary/aromatic N) is 5. The highest BCUT2D eigenvalue weighted by Gasteiger charge is 2.66. The largest absolute Gasteiger partial charge is 0.401 e. The second-order valence-corrected chi connectivity index (χ2v) is 12.0. The monoisotopic (exact) mass is 593 g/mol. The third kappa shape index (κ3) is 6.53. The van der Waals surface area contributed by atoms with Gasteiger partial charge in [0, 0.05) is 36.5 Å². The Morgan fingerprint density at radius 1 is 1.12 bits per heavy atom. The molecule has 1 aromatic carbocycles. The molecule has 0 aliphatic heterocycles. The van der Waals surface area contributed by atoms with E-state index in [1.807, 2.05) is 0 Å². The first-order valence-electron chi connectivity index (χ1n) is 12.2. The number of sulfone groups is 1. The zero-order valence-corrected chi connectivity index (χ0v) is 22.3. The van der Waals surface area contributed by atoms with Crippen LogP contribution in [0.25, 0.3) is 11.1 Å². The average Bonchev–Trinajstić information content (AvgIpc) is 3.40. The van der Waals surface area contributed by atoms with Crippen molar-refractivity contribution in [3.8, 4) is 11.1 Å². The van der Waals surface area contributed by atoms with Crippen molar-refractivity contribution >= 4 is 33.2 Å². The number of aromatic nitrogens is 5. The average molecular weight is 594 g/mol. The first-order valence-corrected chi connectivity index (χ1v) is 14.3. The van der Waals surface area contributed by atoms with E-state index in [0.717, 1.165) is 12.3 Å². The summed E-state index contributed by atoms with van der Waals surface area (Å²) in [5, 5.41) is 12.9. The smallest absolute Gasteiger partial charge is 0.358 e. The molecule has 11 nitrogen and oxygen atoms in total. The lowest BCUT2D eigenvalue weighted by molar-refractivity contribution is -0.165. The number of halogens is 4. The fourth-order valence-corrected chi connectivity index (χ4v) is 4.58. The molecular weight excluding hydrogens is 570 g/mol. The Morgan fingerprint density at radius 2 is 1.85 bits per heavy atom. The van der Waals surface area contributed by atoms with E-state index in [0.29, 0.717) is 16.8 Å². The third-order valence-electron chi connectivity index (χ3n) is 6.51. The highest BCUT2D eigenvalue weighted by Crippen LogP contribution is 2.59. The highest BCUT2D eigenvalue weighted by atomic mass is 32.2. The van der Waals surface area contributed by atoms with E-state index >= 15 is 0 Å². The second kappa shape index (κ2) is 10.6. The van der Waals surface area contributed by atoms with Gasteiger partial charge < -0.3 is 15.2 Å². The Balaban J connectivity index is 1.18. The molecule has 1 amide bonds. The van der Waals surface area contributed by atoms with Crippen molar-refractivity contribution in [2.45, 2.75) is 37.4 Å². The van der Waals surface area contributed by atoms with Crippen molar-refractivity contribution in [1.29, 1.82) is 0 Å². The van der Waals surface area contributed by atoms with E-state index in [-0.39, 0.29) is 54.6 Å². The lowest BCUT2D eigenvalue weighted by atomic mass is 10.0. The normalized spacial score (nSPS) is 14.6. The number of hydrogen-bond acceptors (Lipinski definition) is 9. The molecule has 16 heteroatoms. The molecule has 2 N–H and O–H groups in total. The quantitative estimate of drug-likeness (QED) is 0.260. The van der Waals surface area contributed by atoms with Crippen LogP contribution in [-0.4, -0.2) is 57.4 Å². The molecule has 216 valence electrons. The number of carbonyl (C=O) groups excluding carboxylic acids is 1. The molecular formula is C25H23F4N7O4S. The van der Waals surface area contributed by atoms with Gasteiger partial charge in [0.05, 0.1) is 30.6 Å². The van der Waals surface area contributed by atoms with Gasteiger partial charge in [-0.15, -0.1) is 0 Å². The number of carbonyl (C=O) groups is 1. The molecule has 0 bridgehead atoms. The second-order valence-electron chi connectivity index (χ2n) is 9.73. The summed E-state index contributed by atoms with van der Waals surface area (Å²) in [5.74, 6) is -1.69. The predicted molar refractivity (Wildman–Crippen MR) is 138 cm³/mol. The number of benzene rings is 1.